The summed E-state index contributed by atoms with van der Waals surface area (Å²) in [5, 5.41) is 10.0. The number of anilines is 1. The predicted molar refractivity (Wildman–Crippen MR) is 108 cm³/mol. The van der Waals surface area contributed by atoms with Crippen molar-refractivity contribution in [3.63, 3.8) is 0 Å². The summed E-state index contributed by atoms with van der Waals surface area (Å²) in [6.07, 6.45) is 3.28. The maximum Gasteiger partial charge on any atom is 0.314 e. The van der Waals surface area contributed by atoms with Crippen molar-refractivity contribution in [2.75, 3.05) is 5.32 Å². The third-order valence-corrected chi connectivity index (χ3v) is 5.44. The molecule has 28 heavy (non-hydrogen) atoms. The molecule has 2 N–H and O–H groups in total. The van der Waals surface area contributed by atoms with Gasteiger partial charge < -0.3 is 10.6 Å². The molecule has 0 spiro atoms. The fraction of sp³-hybridized carbons (Fsp3) is 0.200. The number of hydrogen-bond acceptors (Lipinski definition) is 5. The molecule has 8 heteroatoms. The van der Waals surface area contributed by atoms with E-state index in [9.17, 15) is 9.59 Å². The molecule has 0 aliphatic carbocycles. The maximum absolute atomic E-state index is 12.5. The van der Waals surface area contributed by atoms with Crippen molar-refractivity contribution in [1.29, 1.82) is 0 Å². The Hall–Kier alpha value is -3.13. The molecule has 0 radical (unpaired) electrons. The van der Waals surface area contributed by atoms with E-state index in [1.165, 1.54) is 0 Å². The quantitative estimate of drug-likeness (QED) is 0.665. The molecule has 4 rings (SSSR count). The fourth-order valence-corrected chi connectivity index (χ4v) is 3.98. The Morgan fingerprint density at radius 3 is 2.57 bits per heavy atom. The number of pyridine rings is 1. The molecular weight excluding hydrogens is 374 g/mol. The van der Waals surface area contributed by atoms with Crippen LogP contribution in [0.2, 0.25) is 0 Å². The van der Waals surface area contributed by atoms with Crippen LogP contribution in [-0.4, -0.2) is 26.6 Å². The van der Waals surface area contributed by atoms with Crippen LogP contribution in [0.1, 0.15) is 22.4 Å². The average molecular weight is 393 g/mol. The summed E-state index contributed by atoms with van der Waals surface area (Å²) in [6.45, 7) is 2.28. The van der Waals surface area contributed by atoms with Gasteiger partial charge in [-0.1, -0.05) is 17.7 Å². The topological polar surface area (TPSA) is 88.9 Å². The number of aromatic nitrogens is 3. The van der Waals surface area contributed by atoms with Gasteiger partial charge in [-0.05, 0) is 36.8 Å². The number of thioether (sulfide) groups is 1. The molecule has 0 bridgehead atoms. The normalized spacial score (nSPS) is 12.5. The number of aryl methyl sites for hydroxylation is 1. The summed E-state index contributed by atoms with van der Waals surface area (Å²) in [5.41, 5.74) is 4.77. The maximum atomic E-state index is 12.5. The number of nitrogens with one attached hydrogen (secondary N) is 2. The monoisotopic (exact) mass is 393 g/mol. The summed E-state index contributed by atoms with van der Waals surface area (Å²) < 4.78 is 1.71. The van der Waals surface area contributed by atoms with Gasteiger partial charge in [0.2, 0.25) is 0 Å². The molecule has 0 unspecified atom stereocenters. The Morgan fingerprint density at radius 1 is 1.07 bits per heavy atom. The predicted octanol–water partition coefficient (Wildman–Crippen LogP) is 2.58. The molecule has 1 aliphatic rings. The molecule has 3 aromatic rings. The van der Waals surface area contributed by atoms with Crippen molar-refractivity contribution < 1.29 is 9.59 Å². The summed E-state index contributed by atoms with van der Waals surface area (Å²) in [5.74, 6) is 0.726. The highest BCUT2D eigenvalue weighted by atomic mass is 32.2. The number of fused-ring (bicyclic) bond motifs is 1. The van der Waals surface area contributed by atoms with Crippen molar-refractivity contribution in [1.82, 2.24) is 20.1 Å². The third kappa shape index (κ3) is 3.77. The lowest BCUT2D eigenvalue weighted by Crippen LogP contribution is -2.35. The number of amides is 2. The summed E-state index contributed by atoms with van der Waals surface area (Å²) in [6, 6.07) is 11.4. The Labute approximate surface area is 166 Å². The van der Waals surface area contributed by atoms with Crippen LogP contribution in [0.25, 0.3) is 5.69 Å². The van der Waals surface area contributed by atoms with Gasteiger partial charge in [0.25, 0.3) is 0 Å². The third-order valence-electron chi connectivity index (χ3n) is 4.47. The Morgan fingerprint density at radius 2 is 1.82 bits per heavy atom. The van der Waals surface area contributed by atoms with Crippen molar-refractivity contribution in [2.24, 2.45) is 0 Å². The van der Waals surface area contributed by atoms with Crippen molar-refractivity contribution >= 4 is 29.4 Å². The molecule has 0 fully saturated rings. The smallest absolute Gasteiger partial charge is 0.314 e. The number of nitrogens with zero attached hydrogens (tertiary/aromatic N) is 3. The van der Waals surface area contributed by atoms with E-state index in [1.807, 2.05) is 31.2 Å². The molecule has 0 saturated carbocycles. The van der Waals surface area contributed by atoms with Gasteiger partial charge in [0.15, 0.2) is 0 Å². The molecule has 2 aromatic heterocycles. The first-order chi connectivity index (χ1) is 13.6. The molecule has 3 heterocycles. The van der Waals surface area contributed by atoms with Crippen LogP contribution < -0.4 is 10.6 Å². The van der Waals surface area contributed by atoms with Crippen LogP contribution in [-0.2, 0) is 27.6 Å². The van der Waals surface area contributed by atoms with Gasteiger partial charge in [0, 0.05) is 36.0 Å². The van der Waals surface area contributed by atoms with Gasteiger partial charge in [-0.3, -0.25) is 14.6 Å². The van der Waals surface area contributed by atoms with Gasteiger partial charge in [-0.15, -0.1) is 0 Å². The zero-order valence-corrected chi connectivity index (χ0v) is 16.1. The fourth-order valence-electron chi connectivity index (χ4n) is 2.94. The van der Waals surface area contributed by atoms with Crippen LogP contribution >= 0.6 is 11.8 Å². The second-order valence-electron chi connectivity index (χ2n) is 6.51. The minimum Gasteiger partial charge on any atom is -0.344 e. The van der Waals surface area contributed by atoms with Gasteiger partial charge in [0.1, 0.15) is 5.82 Å². The van der Waals surface area contributed by atoms with Crippen LogP contribution in [0, 0.1) is 6.92 Å². The largest absolute Gasteiger partial charge is 0.344 e. The Balaban J connectivity index is 1.53. The number of benzene rings is 1. The van der Waals surface area contributed by atoms with Crippen LogP contribution in [0.4, 0.5) is 5.82 Å². The molecule has 0 atom stereocenters. The van der Waals surface area contributed by atoms with E-state index < -0.39 is 11.8 Å². The number of rotatable bonds is 4. The van der Waals surface area contributed by atoms with Crippen molar-refractivity contribution in [3.8, 4) is 5.69 Å². The van der Waals surface area contributed by atoms with Gasteiger partial charge in [-0.2, -0.15) is 16.9 Å². The van der Waals surface area contributed by atoms with E-state index in [4.69, 9.17) is 0 Å². The molecule has 2 amide bonds. The zero-order chi connectivity index (χ0) is 19.5. The number of carbonyl (C=O) groups is 2. The highest BCUT2D eigenvalue weighted by Crippen LogP contribution is 2.36. The minimum absolute atomic E-state index is 0.264. The lowest BCUT2D eigenvalue weighted by Gasteiger charge is -2.11. The van der Waals surface area contributed by atoms with Gasteiger partial charge >= 0.3 is 11.8 Å². The van der Waals surface area contributed by atoms with Crippen molar-refractivity contribution in [2.45, 2.75) is 25.0 Å². The summed E-state index contributed by atoms with van der Waals surface area (Å²) in [4.78, 5) is 28.7. The highest BCUT2D eigenvalue weighted by molar-refractivity contribution is 7.98. The standard InChI is InChI=1S/C20H19N5O2S/c1-13-2-4-15(5-3-13)25-18(16-11-28-12-17(16)24-25)23-20(27)19(26)22-10-14-6-8-21-9-7-14/h2-9H,10-12H2,1H3,(H,22,26)(H,23,27). The second kappa shape index (κ2) is 7.85. The Kier molecular flexibility index (Phi) is 5.12. The average Bonchev–Trinajstić information content (AvgIpc) is 3.30. The minimum atomic E-state index is -0.706. The Bertz CT molecular complexity index is 1020. The first-order valence-electron chi connectivity index (χ1n) is 8.85. The summed E-state index contributed by atoms with van der Waals surface area (Å²) >= 11 is 1.74. The van der Waals surface area contributed by atoms with Crippen LogP contribution in [0.3, 0.4) is 0 Å². The molecule has 1 aromatic carbocycles. The molecule has 7 nitrogen and oxygen atoms in total. The molecule has 142 valence electrons. The first kappa shape index (κ1) is 18.2. The SMILES string of the molecule is Cc1ccc(-n2nc3c(c2NC(=O)C(=O)NCc2ccncc2)CSC3)cc1. The molecular formula is C20H19N5O2S. The number of carbonyl (C=O) groups excluding carboxylic acids is 2. The second-order valence-corrected chi connectivity index (χ2v) is 7.49. The van der Waals surface area contributed by atoms with E-state index in [-0.39, 0.29) is 6.54 Å². The lowest BCUT2D eigenvalue weighted by atomic mass is 10.2. The molecule has 0 saturated heterocycles. The van der Waals surface area contributed by atoms with E-state index >= 15 is 0 Å². The molecule has 1 aliphatic heterocycles. The van der Waals surface area contributed by atoms with Crippen LogP contribution in [0.5, 0.6) is 0 Å². The summed E-state index contributed by atoms with van der Waals surface area (Å²) in [7, 11) is 0. The lowest BCUT2D eigenvalue weighted by molar-refractivity contribution is -0.136. The van der Waals surface area contributed by atoms with Crippen molar-refractivity contribution in [3.05, 3.63) is 71.2 Å². The number of hydrogen-bond donors (Lipinski definition) is 2. The first-order valence-corrected chi connectivity index (χ1v) is 10.0. The van der Waals surface area contributed by atoms with Gasteiger partial charge in [0.05, 0.1) is 11.4 Å². The highest BCUT2D eigenvalue weighted by Gasteiger charge is 2.26. The van der Waals surface area contributed by atoms with E-state index in [0.717, 1.165) is 39.6 Å². The van der Waals surface area contributed by atoms with Gasteiger partial charge in [-0.25, -0.2) is 4.68 Å². The van der Waals surface area contributed by atoms with E-state index in [1.54, 1.807) is 41.0 Å². The van der Waals surface area contributed by atoms with E-state index in [2.05, 4.69) is 20.7 Å². The van der Waals surface area contributed by atoms with Crippen LogP contribution in [0.15, 0.2) is 48.8 Å². The zero-order valence-electron chi connectivity index (χ0n) is 15.3. The van der Waals surface area contributed by atoms with E-state index in [0.29, 0.717) is 5.82 Å².